The van der Waals surface area contributed by atoms with Crippen molar-refractivity contribution < 1.29 is 18.1 Å². The molecular weight excluding hydrogens is 408 g/mol. The lowest BCUT2D eigenvalue weighted by Crippen LogP contribution is -2.14. The van der Waals surface area contributed by atoms with Crippen LogP contribution in [0.2, 0.25) is 0 Å². The van der Waals surface area contributed by atoms with E-state index in [0.717, 1.165) is 0 Å². The first-order valence-corrected chi connectivity index (χ1v) is 9.34. The van der Waals surface area contributed by atoms with E-state index in [1.54, 1.807) is 26.0 Å². The summed E-state index contributed by atoms with van der Waals surface area (Å²) in [5, 5.41) is 17.5. The monoisotopic (exact) mass is 425 g/mol. The van der Waals surface area contributed by atoms with Gasteiger partial charge >= 0.3 is 0 Å². The van der Waals surface area contributed by atoms with E-state index in [4.69, 9.17) is 4.52 Å². The molecular formula is C20H17F2N7O2. The van der Waals surface area contributed by atoms with Gasteiger partial charge in [-0.1, -0.05) is 17.3 Å². The topological polar surface area (TPSA) is 112 Å². The van der Waals surface area contributed by atoms with Gasteiger partial charge in [-0.3, -0.25) is 4.79 Å². The van der Waals surface area contributed by atoms with Gasteiger partial charge in [0.05, 0.1) is 11.4 Å². The number of hydrogen-bond acceptors (Lipinski definition) is 7. The third-order valence-electron chi connectivity index (χ3n) is 4.56. The first kappa shape index (κ1) is 20.3. The second kappa shape index (κ2) is 8.38. The van der Waals surface area contributed by atoms with Crippen LogP contribution in [0.3, 0.4) is 0 Å². The fourth-order valence-corrected chi connectivity index (χ4v) is 2.85. The lowest BCUT2D eigenvalue weighted by atomic mass is 10.1. The molecule has 4 rings (SSSR count). The molecule has 11 heteroatoms. The van der Waals surface area contributed by atoms with Crippen LogP contribution in [0.15, 0.2) is 40.9 Å². The summed E-state index contributed by atoms with van der Waals surface area (Å²) >= 11 is 0. The number of aryl methyl sites for hydroxylation is 3. The van der Waals surface area contributed by atoms with E-state index in [0.29, 0.717) is 22.6 Å². The summed E-state index contributed by atoms with van der Waals surface area (Å²) in [6.07, 6.45) is 0.123. The first-order chi connectivity index (χ1) is 14.9. The Labute approximate surface area is 175 Å². The number of hydrogen-bond donors (Lipinski definition) is 1. The number of benzene rings is 2. The molecule has 0 atom stereocenters. The maximum Gasteiger partial charge on any atom is 0.227 e. The number of aromatic nitrogens is 6. The fraction of sp³-hybridized carbons (Fsp3) is 0.200. The zero-order chi connectivity index (χ0) is 22.0. The van der Waals surface area contributed by atoms with Crippen molar-refractivity contribution in [1.82, 2.24) is 30.3 Å². The zero-order valence-corrected chi connectivity index (χ0v) is 16.6. The highest BCUT2D eigenvalue weighted by Crippen LogP contribution is 2.21. The standard InChI is InChI=1S/C20H17F2N7O2/c1-11-3-4-13(9-16(11)22)20-24-19(31-26-20)8-7-18(30)23-17-10-14(5-6-15(17)21)29-12(2)25-27-28-29/h3-6,9-10H,7-8H2,1-2H3,(H,23,30). The number of tetrazole rings is 1. The van der Waals surface area contributed by atoms with Gasteiger partial charge in [-0.25, -0.2) is 8.78 Å². The Morgan fingerprint density at radius 3 is 2.71 bits per heavy atom. The number of amides is 1. The second-order valence-electron chi connectivity index (χ2n) is 6.83. The smallest absolute Gasteiger partial charge is 0.227 e. The molecule has 0 saturated carbocycles. The van der Waals surface area contributed by atoms with Crippen molar-refractivity contribution in [3.05, 3.63) is 65.3 Å². The quantitative estimate of drug-likeness (QED) is 0.505. The van der Waals surface area contributed by atoms with E-state index < -0.39 is 11.7 Å². The predicted molar refractivity (Wildman–Crippen MR) is 105 cm³/mol. The molecule has 0 spiro atoms. The number of carbonyl (C=O) groups is 1. The van der Waals surface area contributed by atoms with Crippen molar-refractivity contribution in [2.24, 2.45) is 0 Å². The molecule has 0 fully saturated rings. The molecule has 0 aliphatic carbocycles. The van der Waals surface area contributed by atoms with Gasteiger partial charge in [-0.2, -0.15) is 9.67 Å². The normalized spacial score (nSPS) is 11.0. The number of nitrogens with one attached hydrogen (secondary N) is 1. The largest absolute Gasteiger partial charge is 0.339 e. The van der Waals surface area contributed by atoms with Crippen LogP contribution in [-0.2, 0) is 11.2 Å². The molecule has 0 aliphatic heterocycles. The Hall–Kier alpha value is -4.02. The van der Waals surface area contributed by atoms with Gasteiger partial charge in [0.25, 0.3) is 0 Å². The maximum atomic E-state index is 14.1. The summed E-state index contributed by atoms with van der Waals surface area (Å²) < 4.78 is 34.4. The third kappa shape index (κ3) is 4.44. The van der Waals surface area contributed by atoms with Crippen molar-refractivity contribution in [2.75, 3.05) is 5.32 Å². The van der Waals surface area contributed by atoms with E-state index in [9.17, 15) is 13.6 Å². The Balaban J connectivity index is 1.40. The Kier molecular flexibility index (Phi) is 5.48. The van der Waals surface area contributed by atoms with Gasteiger partial charge in [0.1, 0.15) is 11.6 Å². The minimum atomic E-state index is -0.593. The van der Waals surface area contributed by atoms with Crippen LogP contribution in [0.4, 0.5) is 14.5 Å². The van der Waals surface area contributed by atoms with Crippen molar-refractivity contribution in [3.8, 4) is 17.1 Å². The summed E-state index contributed by atoms with van der Waals surface area (Å²) in [6, 6.07) is 8.78. The van der Waals surface area contributed by atoms with Gasteiger partial charge < -0.3 is 9.84 Å². The lowest BCUT2D eigenvalue weighted by Gasteiger charge is -2.08. The van der Waals surface area contributed by atoms with E-state index >= 15 is 0 Å². The number of halogens is 2. The minimum Gasteiger partial charge on any atom is -0.339 e. The Bertz CT molecular complexity index is 1250. The molecule has 31 heavy (non-hydrogen) atoms. The molecule has 0 bridgehead atoms. The molecule has 0 unspecified atom stereocenters. The van der Waals surface area contributed by atoms with Crippen LogP contribution in [0.5, 0.6) is 0 Å². The predicted octanol–water partition coefficient (Wildman–Crippen LogP) is 3.18. The summed E-state index contributed by atoms with van der Waals surface area (Å²) in [7, 11) is 0. The van der Waals surface area contributed by atoms with E-state index in [1.165, 1.54) is 28.9 Å². The van der Waals surface area contributed by atoms with Crippen LogP contribution in [0.1, 0.15) is 23.7 Å². The van der Waals surface area contributed by atoms with Crippen LogP contribution >= 0.6 is 0 Å². The maximum absolute atomic E-state index is 14.1. The average molecular weight is 425 g/mol. The summed E-state index contributed by atoms with van der Waals surface area (Å²) in [5.41, 5.74) is 1.49. The molecule has 2 heterocycles. The van der Waals surface area contributed by atoms with Crippen molar-refractivity contribution in [2.45, 2.75) is 26.7 Å². The molecule has 1 amide bonds. The second-order valence-corrected chi connectivity index (χ2v) is 6.83. The van der Waals surface area contributed by atoms with E-state index in [2.05, 4.69) is 31.0 Å². The number of carbonyl (C=O) groups excluding carboxylic acids is 1. The molecule has 0 saturated heterocycles. The van der Waals surface area contributed by atoms with Gasteiger partial charge in [0.2, 0.25) is 17.6 Å². The zero-order valence-electron chi connectivity index (χ0n) is 16.6. The van der Waals surface area contributed by atoms with Gasteiger partial charge in [0.15, 0.2) is 5.82 Å². The van der Waals surface area contributed by atoms with E-state index in [-0.39, 0.29) is 36.1 Å². The Morgan fingerprint density at radius 2 is 1.97 bits per heavy atom. The van der Waals surface area contributed by atoms with Crippen molar-refractivity contribution >= 4 is 11.6 Å². The van der Waals surface area contributed by atoms with Crippen molar-refractivity contribution in [3.63, 3.8) is 0 Å². The van der Waals surface area contributed by atoms with E-state index in [1.807, 2.05) is 0 Å². The number of nitrogens with zero attached hydrogens (tertiary/aromatic N) is 6. The molecule has 0 radical (unpaired) electrons. The third-order valence-corrected chi connectivity index (χ3v) is 4.56. The highest BCUT2D eigenvalue weighted by Gasteiger charge is 2.14. The van der Waals surface area contributed by atoms with Gasteiger partial charge in [0, 0.05) is 18.4 Å². The molecule has 1 N–H and O–H groups in total. The van der Waals surface area contributed by atoms with Crippen LogP contribution in [0, 0.1) is 25.5 Å². The summed E-state index contributed by atoms with van der Waals surface area (Å²) in [4.78, 5) is 16.5. The molecule has 0 aliphatic rings. The van der Waals surface area contributed by atoms with Gasteiger partial charge in [-0.05, 0) is 54.1 Å². The van der Waals surface area contributed by atoms with Gasteiger partial charge in [-0.15, -0.1) is 5.10 Å². The number of anilines is 1. The SMILES string of the molecule is Cc1ccc(-c2noc(CCC(=O)Nc3cc(-n4nnnc4C)ccc3F)n2)cc1F. The van der Waals surface area contributed by atoms with Crippen LogP contribution in [0.25, 0.3) is 17.1 Å². The first-order valence-electron chi connectivity index (χ1n) is 9.34. The minimum absolute atomic E-state index is 0.00116. The van der Waals surface area contributed by atoms with Crippen LogP contribution < -0.4 is 5.32 Å². The average Bonchev–Trinajstić information content (AvgIpc) is 3.39. The number of rotatable bonds is 6. The highest BCUT2D eigenvalue weighted by atomic mass is 19.1. The summed E-state index contributed by atoms with van der Waals surface area (Å²) in [5.74, 6) is -0.446. The lowest BCUT2D eigenvalue weighted by molar-refractivity contribution is -0.116. The fourth-order valence-electron chi connectivity index (χ4n) is 2.85. The molecule has 9 nitrogen and oxygen atoms in total. The summed E-state index contributed by atoms with van der Waals surface area (Å²) in [6.45, 7) is 3.35. The molecule has 2 aromatic carbocycles. The van der Waals surface area contributed by atoms with Crippen molar-refractivity contribution in [1.29, 1.82) is 0 Å². The Morgan fingerprint density at radius 1 is 1.13 bits per heavy atom. The molecule has 2 aromatic heterocycles. The molecule has 4 aromatic rings. The highest BCUT2D eigenvalue weighted by molar-refractivity contribution is 5.91. The van der Waals surface area contributed by atoms with Crippen LogP contribution in [-0.4, -0.2) is 36.3 Å². The molecule has 158 valence electrons.